The van der Waals surface area contributed by atoms with Crippen LogP contribution in [0.15, 0.2) is 0 Å². The number of carboxylic acid groups (broad SMARTS) is 1. The molecule has 36 heavy (non-hydrogen) atoms. The van der Waals surface area contributed by atoms with Gasteiger partial charge in [0, 0.05) is 12.7 Å². The molecular weight excluding hydrogens is 472 g/mol. The van der Waals surface area contributed by atoms with Crippen LogP contribution in [0.1, 0.15) is 137 Å². The minimum absolute atomic E-state index is 0.148. The molecule has 0 saturated carbocycles. The number of hydrogen-bond donors (Lipinski definition) is 3. The summed E-state index contributed by atoms with van der Waals surface area (Å²) in [6.07, 6.45) is 21.9. The number of carboxylic acids is 1. The highest BCUT2D eigenvalue weighted by Gasteiger charge is 2.26. The van der Waals surface area contributed by atoms with E-state index in [4.69, 9.17) is 0 Å². The summed E-state index contributed by atoms with van der Waals surface area (Å²) >= 11 is 1.64. The number of unbranched alkanes of at least 4 members (excludes halogenated alkanes) is 15. The van der Waals surface area contributed by atoms with Crippen molar-refractivity contribution >= 4 is 29.5 Å². The molecule has 0 unspecified atom stereocenters. The summed E-state index contributed by atoms with van der Waals surface area (Å²) < 4.78 is 0. The molecule has 0 rings (SSSR count). The third-order valence-corrected chi connectivity index (χ3v) is 7.59. The zero-order chi connectivity index (χ0) is 27.0. The summed E-state index contributed by atoms with van der Waals surface area (Å²) in [6.45, 7) is 7.48. The second-order valence-electron chi connectivity index (χ2n) is 10.7. The van der Waals surface area contributed by atoms with Crippen molar-refractivity contribution in [1.29, 1.82) is 0 Å². The monoisotopic (exact) mass is 528 g/mol. The number of hydrogen-bond acceptors (Lipinski definition) is 4. The average Bonchev–Trinajstić information content (AvgIpc) is 2.81. The number of amides is 2. The summed E-state index contributed by atoms with van der Waals surface area (Å²) in [6, 6.07) is -1.64. The molecule has 3 N–H and O–H groups in total. The van der Waals surface area contributed by atoms with Gasteiger partial charge >= 0.3 is 5.97 Å². The van der Waals surface area contributed by atoms with Crippen molar-refractivity contribution in [3.63, 3.8) is 0 Å². The van der Waals surface area contributed by atoms with Gasteiger partial charge < -0.3 is 15.7 Å². The maximum atomic E-state index is 12.6. The molecule has 7 heteroatoms. The van der Waals surface area contributed by atoms with Crippen molar-refractivity contribution in [2.24, 2.45) is 5.92 Å². The fraction of sp³-hybridized carbons (Fsp3) is 0.897. The van der Waals surface area contributed by atoms with Gasteiger partial charge in [0.25, 0.3) is 0 Å². The molecule has 0 fully saturated rings. The number of carbonyl (C=O) groups excluding carboxylic acids is 2. The van der Waals surface area contributed by atoms with Crippen molar-refractivity contribution in [2.45, 2.75) is 149 Å². The van der Waals surface area contributed by atoms with Gasteiger partial charge in [-0.3, -0.25) is 9.59 Å². The van der Waals surface area contributed by atoms with E-state index in [2.05, 4.69) is 17.6 Å². The van der Waals surface area contributed by atoms with Crippen LogP contribution in [0.25, 0.3) is 0 Å². The largest absolute Gasteiger partial charge is 0.480 e. The molecule has 6 nitrogen and oxygen atoms in total. The predicted molar refractivity (Wildman–Crippen MR) is 153 cm³/mol. The molecule has 0 heterocycles. The Hall–Kier alpha value is -1.24. The standard InChI is InChI=1S/C29H56N2O4S/c1-5-6-7-8-9-10-11-12-13-14-15-16-17-18-19-20-21-36-23-27(30-25(4)32)28(33)31-26(29(34)35)22-24(2)3/h24,26-27H,5-23H2,1-4H3,(H,30,32)(H,31,33)(H,34,35)/t26-,27+/m0/s1. The number of nitrogens with one attached hydrogen (secondary N) is 2. The number of carbonyl (C=O) groups is 3. The zero-order valence-corrected chi connectivity index (χ0v) is 24.6. The van der Waals surface area contributed by atoms with Crippen molar-refractivity contribution in [1.82, 2.24) is 10.6 Å². The van der Waals surface area contributed by atoms with Crippen LogP contribution in [0, 0.1) is 5.92 Å². The Morgan fingerprint density at radius 2 is 1.14 bits per heavy atom. The molecule has 0 aromatic rings. The summed E-state index contributed by atoms with van der Waals surface area (Å²) in [5.41, 5.74) is 0. The van der Waals surface area contributed by atoms with E-state index in [-0.39, 0.29) is 11.8 Å². The smallest absolute Gasteiger partial charge is 0.326 e. The van der Waals surface area contributed by atoms with E-state index in [1.165, 1.54) is 103 Å². The molecule has 0 aliphatic heterocycles. The van der Waals surface area contributed by atoms with Gasteiger partial charge in [0.05, 0.1) is 0 Å². The van der Waals surface area contributed by atoms with Crippen LogP contribution >= 0.6 is 11.8 Å². The van der Waals surface area contributed by atoms with Crippen molar-refractivity contribution in [2.75, 3.05) is 11.5 Å². The van der Waals surface area contributed by atoms with Crippen LogP contribution in [0.5, 0.6) is 0 Å². The van der Waals surface area contributed by atoms with Gasteiger partial charge in [-0.1, -0.05) is 117 Å². The molecule has 0 aliphatic carbocycles. The third-order valence-electron chi connectivity index (χ3n) is 6.44. The van der Waals surface area contributed by atoms with Gasteiger partial charge in [0.15, 0.2) is 0 Å². The highest BCUT2D eigenvalue weighted by molar-refractivity contribution is 7.99. The molecule has 0 spiro atoms. The van der Waals surface area contributed by atoms with Crippen molar-refractivity contribution < 1.29 is 19.5 Å². The van der Waals surface area contributed by atoms with E-state index in [1.54, 1.807) is 11.8 Å². The Bertz CT molecular complexity index is 571. The molecule has 0 radical (unpaired) electrons. The molecule has 0 bridgehead atoms. The first-order valence-corrected chi connectivity index (χ1v) is 15.8. The lowest BCUT2D eigenvalue weighted by molar-refractivity contribution is -0.142. The summed E-state index contributed by atoms with van der Waals surface area (Å²) in [4.78, 5) is 35.6. The normalized spacial score (nSPS) is 12.9. The molecule has 0 saturated heterocycles. The fourth-order valence-corrected chi connectivity index (χ4v) is 5.39. The molecule has 0 aromatic carbocycles. The SMILES string of the molecule is CCCCCCCCCCCCCCCCCCSC[C@@H](NC(C)=O)C(=O)N[C@@H](CC(C)C)C(=O)O. The van der Waals surface area contributed by atoms with E-state index >= 15 is 0 Å². The van der Waals surface area contributed by atoms with Crippen LogP contribution in [0.3, 0.4) is 0 Å². The van der Waals surface area contributed by atoms with Crippen LogP contribution < -0.4 is 10.6 Å². The van der Waals surface area contributed by atoms with Crippen LogP contribution in [-0.2, 0) is 14.4 Å². The predicted octanol–water partition coefficient (Wildman–Crippen LogP) is 7.10. The lowest BCUT2D eigenvalue weighted by Crippen LogP contribution is -2.52. The second kappa shape index (κ2) is 24.1. The van der Waals surface area contributed by atoms with Crippen LogP contribution in [0.4, 0.5) is 0 Å². The Morgan fingerprint density at radius 1 is 0.694 bits per heavy atom. The average molecular weight is 529 g/mol. The van der Waals surface area contributed by atoms with E-state index in [0.717, 1.165) is 12.2 Å². The Kier molecular flexibility index (Phi) is 23.3. The minimum atomic E-state index is -1.04. The lowest BCUT2D eigenvalue weighted by Gasteiger charge is -2.21. The molecule has 0 aliphatic rings. The molecule has 2 amide bonds. The maximum Gasteiger partial charge on any atom is 0.326 e. The van der Waals surface area contributed by atoms with Crippen LogP contribution in [0.2, 0.25) is 0 Å². The molecule has 0 aromatic heterocycles. The first-order valence-electron chi connectivity index (χ1n) is 14.7. The molecule has 2 atom stereocenters. The summed E-state index contributed by atoms with van der Waals surface area (Å²) in [5.74, 6) is -0.199. The Balaban J connectivity index is 3.81. The lowest BCUT2D eigenvalue weighted by atomic mass is 10.0. The van der Waals surface area contributed by atoms with Crippen LogP contribution in [-0.4, -0.2) is 46.5 Å². The number of rotatable bonds is 25. The first kappa shape index (κ1) is 34.8. The van der Waals surface area contributed by atoms with Gasteiger partial charge in [0.2, 0.25) is 11.8 Å². The summed E-state index contributed by atoms with van der Waals surface area (Å²) in [5, 5.41) is 14.6. The van der Waals surface area contributed by atoms with E-state index in [1.807, 2.05) is 13.8 Å². The Labute approximate surface area is 225 Å². The zero-order valence-electron chi connectivity index (χ0n) is 23.7. The quantitative estimate of drug-likeness (QED) is 0.110. The second-order valence-corrected chi connectivity index (χ2v) is 11.8. The highest BCUT2D eigenvalue weighted by Crippen LogP contribution is 2.15. The minimum Gasteiger partial charge on any atom is -0.480 e. The van der Waals surface area contributed by atoms with Gasteiger partial charge in [-0.05, 0) is 24.5 Å². The van der Waals surface area contributed by atoms with Gasteiger partial charge in [0.1, 0.15) is 12.1 Å². The van der Waals surface area contributed by atoms with Crippen molar-refractivity contribution in [3.05, 3.63) is 0 Å². The Morgan fingerprint density at radius 3 is 1.53 bits per heavy atom. The van der Waals surface area contributed by atoms with Crippen molar-refractivity contribution in [3.8, 4) is 0 Å². The van der Waals surface area contributed by atoms with E-state index in [0.29, 0.717) is 12.2 Å². The number of aliphatic carboxylic acids is 1. The van der Waals surface area contributed by atoms with Gasteiger partial charge in [-0.15, -0.1) is 0 Å². The molecule has 212 valence electrons. The third kappa shape index (κ3) is 22.0. The topological polar surface area (TPSA) is 95.5 Å². The van der Waals surface area contributed by atoms with E-state index in [9.17, 15) is 19.5 Å². The highest BCUT2D eigenvalue weighted by atomic mass is 32.2. The summed E-state index contributed by atoms with van der Waals surface area (Å²) in [7, 11) is 0. The fourth-order valence-electron chi connectivity index (χ4n) is 4.35. The van der Waals surface area contributed by atoms with E-state index < -0.39 is 24.0 Å². The van der Waals surface area contributed by atoms with Gasteiger partial charge in [-0.2, -0.15) is 11.8 Å². The maximum absolute atomic E-state index is 12.6. The van der Waals surface area contributed by atoms with Gasteiger partial charge in [-0.25, -0.2) is 4.79 Å². The molecular formula is C29H56N2O4S. The number of thioether (sulfide) groups is 1. The first-order chi connectivity index (χ1) is 17.3.